The molecule has 64 valence electrons. The summed E-state index contributed by atoms with van der Waals surface area (Å²) >= 11 is 0. The summed E-state index contributed by atoms with van der Waals surface area (Å²) in [5.41, 5.74) is 0. The monoisotopic (exact) mass is 153 g/mol. The Morgan fingerprint density at radius 2 is 2.09 bits per heavy atom. The van der Waals surface area contributed by atoms with Gasteiger partial charge in [0.1, 0.15) is 0 Å². The van der Waals surface area contributed by atoms with E-state index in [1.54, 1.807) is 0 Å². The van der Waals surface area contributed by atoms with Crippen LogP contribution in [0.2, 0.25) is 0 Å². The number of hydrogen-bond donors (Lipinski definition) is 1. The SMILES string of the molecule is CC(C)[C@H]1CC2CCN[C@H]2C1. The van der Waals surface area contributed by atoms with Crippen LogP contribution in [-0.2, 0) is 0 Å². The summed E-state index contributed by atoms with van der Waals surface area (Å²) in [5, 5.41) is 3.60. The standard InChI is InChI=1S/C10H19N/c1-7(2)9-5-8-3-4-11-10(8)6-9/h7-11H,3-6H2,1-2H3/t8?,9-,10-/m0/s1. The average Bonchev–Trinajstić information content (AvgIpc) is 2.40. The zero-order valence-corrected chi connectivity index (χ0v) is 7.64. The van der Waals surface area contributed by atoms with Crippen LogP contribution < -0.4 is 5.32 Å². The Balaban J connectivity index is 1.94. The van der Waals surface area contributed by atoms with Gasteiger partial charge < -0.3 is 5.32 Å². The van der Waals surface area contributed by atoms with Crippen LogP contribution in [0.3, 0.4) is 0 Å². The minimum Gasteiger partial charge on any atom is -0.314 e. The first kappa shape index (κ1) is 7.60. The van der Waals surface area contributed by atoms with Crippen molar-refractivity contribution in [1.82, 2.24) is 5.32 Å². The van der Waals surface area contributed by atoms with Gasteiger partial charge in [0.25, 0.3) is 0 Å². The normalized spacial score (nSPS) is 43.4. The predicted octanol–water partition coefficient (Wildman–Crippen LogP) is 2.03. The quantitative estimate of drug-likeness (QED) is 0.608. The van der Waals surface area contributed by atoms with Crippen molar-refractivity contribution in [2.24, 2.45) is 17.8 Å². The fourth-order valence-corrected chi connectivity index (χ4v) is 2.74. The van der Waals surface area contributed by atoms with Gasteiger partial charge in [-0.1, -0.05) is 13.8 Å². The second-order valence-electron chi connectivity index (χ2n) is 4.58. The highest BCUT2D eigenvalue weighted by Gasteiger charge is 2.37. The molecule has 1 saturated carbocycles. The fraction of sp³-hybridized carbons (Fsp3) is 1.00. The molecular formula is C10H19N. The Morgan fingerprint density at radius 3 is 2.73 bits per heavy atom. The van der Waals surface area contributed by atoms with Gasteiger partial charge in [0.05, 0.1) is 0 Å². The number of hydrogen-bond acceptors (Lipinski definition) is 1. The van der Waals surface area contributed by atoms with E-state index >= 15 is 0 Å². The van der Waals surface area contributed by atoms with Crippen LogP contribution >= 0.6 is 0 Å². The van der Waals surface area contributed by atoms with Crippen LogP contribution in [0.15, 0.2) is 0 Å². The molecule has 0 aromatic heterocycles. The van der Waals surface area contributed by atoms with E-state index in [-0.39, 0.29) is 0 Å². The molecule has 1 aliphatic carbocycles. The van der Waals surface area contributed by atoms with Crippen LogP contribution in [-0.4, -0.2) is 12.6 Å². The summed E-state index contributed by atoms with van der Waals surface area (Å²) in [4.78, 5) is 0. The molecule has 0 aromatic carbocycles. The molecule has 2 rings (SSSR count). The van der Waals surface area contributed by atoms with Crippen LogP contribution in [0.25, 0.3) is 0 Å². The molecule has 1 unspecified atom stereocenters. The lowest BCUT2D eigenvalue weighted by atomic mass is 9.93. The molecule has 1 aliphatic heterocycles. The van der Waals surface area contributed by atoms with Gasteiger partial charge in [-0.25, -0.2) is 0 Å². The Kier molecular flexibility index (Phi) is 1.92. The number of nitrogens with one attached hydrogen (secondary N) is 1. The molecule has 0 amide bonds. The molecule has 11 heavy (non-hydrogen) atoms. The van der Waals surface area contributed by atoms with Gasteiger partial charge in [-0.15, -0.1) is 0 Å². The van der Waals surface area contributed by atoms with Gasteiger partial charge in [-0.2, -0.15) is 0 Å². The van der Waals surface area contributed by atoms with Crippen molar-refractivity contribution in [1.29, 1.82) is 0 Å². The number of fused-ring (bicyclic) bond motifs is 1. The zero-order chi connectivity index (χ0) is 7.84. The van der Waals surface area contributed by atoms with Gasteiger partial charge >= 0.3 is 0 Å². The highest BCUT2D eigenvalue weighted by Crippen LogP contribution is 2.39. The molecule has 0 radical (unpaired) electrons. The van der Waals surface area contributed by atoms with Gasteiger partial charge in [-0.05, 0) is 43.6 Å². The van der Waals surface area contributed by atoms with E-state index in [0.29, 0.717) is 0 Å². The highest BCUT2D eigenvalue weighted by molar-refractivity contribution is 4.93. The van der Waals surface area contributed by atoms with E-state index in [4.69, 9.17) is 0 Å². The molecule has 1 nitrogen and oxygen atoms in total. The first-order chi connectivity index (χ1) is 5.27. The summed E-state index contributed by atoms with van der Waals surface area (Å²) in [7, 11) is 0. The Bertz CT molecular complexity index is 130. The molecule has 2 fully saturated rings. The maximum atomic E-state index is 3.60. The van der Waals surface area contributed by atoms with Crippen molar-refractivity contribution >= 4 is 0 Å². The third-order valence-electron chi connectivity index (χ3n) is 3.60. The summed E-state index contributed by atoms with van der Waals surface area (Å²) in [5.74, 6) is 2.95. The topological polar surface area (TPSA) is 12.0 Å². The van der Waals surface area contributed by atoms with Crippen molar-refractivity contribution in [3.05, 3.63) is 0 Å². The van der Waals surface area contributed by atoms with Gasteiger partial charge in [0.15, 0.2) is 0 Å². The number of rotatable bonds is 1. The second-order valence-corrected chi connectivity index (χ2v) is 4.58. The summed E-state index contributed by atoms with van der Waals surface area (Å²) in [6.45, 7) is 6.01. The maximum absolute atomic E-state index is 3.60. The summed E-state index contributed by atoms with van der Waals surface area (Å²) < 4.78 is 0. The molecule has 0 aromatic rings. The molecule has 1 heterocycles. The van der Waals surface area contributed by atoms with E-state index < -0.39 is 0 Å². The Labute approximate surface area is 69.6 Å². The van der Waals surface area contributed by atoms with Crippen molar-refractivity contribution in [2.75, 3.05) is 6.54 Å². The molecule has 3 atom stereocenters. The lowest BCUT2D eigenvalue weighted by Crippen LogP contribution is -2.22. The first-order valence-corrected chi connectivity index (χ1v) is 5.00. The second kappa shape index (κ2) is 2.78. The largest absolute Gasteiger partial charge is 0.314 e. The lowest BCUT2D eigenvalue weighted by Gasteiger charge is -2.14. The minimum atomic E-state index is 0.891. The van der Waals surface area contributed by atoms with E-state index in [1.165, 1.54) is 25.8 Å². The molecule has 0 bridgehead atoms. The van der Waals surface area contributed by atoms with Gasteiger partial charge in [0.2, 0.25) is 0 Å². The van der Waals surface area contributed by atoms with Crippen molar-refractivity contribution < 1.29 is 0 Å². The third-order valence-corrected chi connectivity index (χ3v) is 3.60. The molecule has 0 spiro atoms. The Morgan fingerprint density at radius 1 is 1.27 bits per heavy atom. The lowest BCUT2D eigenvalue weighted by molar-refractivity contribution is 0.370. The van der Waals surface area contributed by atoms with Gasteiger partial charge in [-0.3, -0.25) is 0 Å². The van der Waals surface area contributed by atoms with E-state index in [2.05, 4.69) is 19.2 Å². The predicted molar refractivity (Wildman–Crippen MR) is 47.5 cm³/mol. The van der Waals surface area contributed by atoms with E-state index in [9.17, 15) is 0 Å². The molecule has 1 N–H and O–H groups in total. The minimum absolute atomic E-state index is 0.891. The fourth-order valence-electron chi connectivity index (χ4n) is 2.74. The van der Waals surface area contributed by atoms with E-state index in [1.807, 2.05) is 0 Å². The molecule has 1 saturated heterocycles. The zero-order valence-electron chi connectivity index (χ0n) is 7.64. The van der Waals surface area contributed by atoms with Crippen molar-refractivity contribution in [3.63, 3.8) is 0 Å². The third kappa shape index (κ3) is 1.31. The van der Waals surface area contributed by atoms with Crippen molar-refractivity contribution in [2.45, 2.75) is 39.2 Å². The van der Waals surface area contributed by atoms with Crippen LogP contribution in [0.5, 0.6) is 0 Å². The molecule has 2 aliphatic rings. The maximum Gasteiger partial charge on any atom is 0.00986 e. The molecule has 1 heteroatoms. The van der Waals surface area contributed by atoms with Crippen LogP contribution in [0.4, 0.5) is 0 Å². The summed E-state index contributed by atoms with van der Waals surface area (Å²) in [6, 6.07) is 0.891. The molecular weight excluding hydrogens is 134 g/mol. The summed E-state index contributed by atoms with van der Waals surface area (Å²) in [6.07, 6.45) is 4.38. The smallest absolute Gasteiger partial charge is 0.00986 e. The van der Waals surface area contributed by atoms with Crippen LogP contribution in [0.1, 0.15) is 33.1 Å². The first-order valence-electron chi connectivity index (χ1n) is 5.00. The van der Waals surface area contributed by atoms with E-state index in [0.717, 1.165) is 23.8 Å². The van der Waals surface area contributed by atoms with Crippen molar-refractivity contribution in [3.8, 4) is 0 Å². The highest BCUT2D eigenvalue weighted by atomic mass is 15.0. The Hall–Kier alpha value is -0.0400. The average molecular weight is 153 g/mol. The van der Waals surface area contributed by atoms with Crippen LogP contribution in [0, 0.1) is 17.8 Å². The van der Waals surface area contributed by atoms with Gasteiger partial charge in [0, 0.05) is 6.04 Å².